The molecular formula is C13H18ClN3. The Hall–Kier alpha value is -1.22. The van der Waals surface area contributed by atoms with Gasteiger partial charge in [0.05, 0.1) is 0 Å². The van der Waals surface area contributed by atoms with Crippen LogP contribution in [0.15, 0.2) is 29.3 Å². The number of guanidine groups is 1. The van der Waals surface area contributed by atoms with Gasteiger partial charge in [0.15, 0.2) is 5.96 Å². The van der Waals surface area contributed by atoms with E-state index in [0.29, 0.717) is 18.5 Å². The molecule has 0 bridgehead atoms. The number of halogens is 1. The molecule has 0 saturated heterocycles. The summed E-state index contributed by atoms with van der Waals surface area (Å²) in [5.74, 6) is 0.638. The molecule has 3 nitrogen and oxygen atoms in total. The molecule has 2 N–H and O–H groups in total. The van der Waals surface area contributed by atoms with Crippen LogP contribution < -0.4 is 5.73 Å². The van der Waals surface area contributed by atoms with Crippen molar-refractivity contribution >= 4 is 17.6 Å². The number of aliphatic imine (C=N–C) groups is 1. The Morgan fingerprint density at radius 2 is 2.18 bits per heavy atom. The van der Waals surface area contributed by atoms with E-state index in [0.717, 1.165) is 17.0 Å². The van der Waals surface area contributed by atoms with Crippen LogP contribution >= 0.6 is 11.6 Å². The van der Waals surface area contributed by atoms with Crippen molar-refractivity contribution in [3.63, 3.8) is 0 Å². The third kappa shape index (κ3) is 3.37. The predicted octanol–water partition coefficient (Wildman–Crippen LogP) is 2.29. The molecule has 1 aliphatic carbocycles. The molecule has 4 heteroatoms. The van der Waals surface area contributed by atoms with E-state index in [4.69, 9.17) is 17.3 Å². The van der Waals surface area contributed by atoms with Crippen molar-refractivity contribution in [3.8, 4) is 0 Å². The number of hydrogen-bond donors (Lipinski definition) is 1. The largest absolute Gasteiger partial charge is 0.370 e. The zero-order chi connectivity index (χ0) is 12.3. The Kier molecular flexibility index (Phi) is 3.89. The minimum atomic E-state index is 0.610. The van der Waals surface area contributed by atoms with Crippen LogP contribution in [-0.4, -0.2) is 30.5 Å². The lowest BCUT2D eigenvalue weighted by atomic mass is 10.1. The molecule has 1 aromatic carbocycles. The van der Waals surface area contributed by atoms with E-state index in [-0.39, 0.29) is 0 Å². The van der Waals surface area contributed by atoms with Crippen molar-refractivity contribution in [2.75, 3.05) is 13.6 Å². The van der Waals surface area contributed by atoms with E-state index in [1.165, 1.54) is 12.8 Å². The number of benzene rings is 1. The standard InChI is InChI=1S/C13H18ClN3/c1-17(11-6-7-11)13(15)16-9-8-10-4-2-3-5-12(10)14/h2-5,11H,6-9H2,1H3,(H2,15,16). The zero-order valence-corrected chi connectivity index (χ0v) is 10.8. The highest BCUT2D eigenvalue weighted by molar-refractivity contribution is 6.31. The van der Waals surface area contributed by atoms with Crippen LogP contribution in [0.25, 0.3) is 0 Å². The molecule has 0 aromatic heterocycles. The summed E-state index contributed by atoms with van der Waals surface area (Å²) in [6.07, 6.45) is 3.30. The fourth-order valence-corrected chi connectivity index (χ4v) is 1.98. The molecule has 1 aromatic rings. The molecule has 1 saturated carbocycles. The Labute approximate surface area is 107 Å². The van der Waals surface area contributed by atoms with Crippen LogP contribution in [0.4, 0.5) is 0 Å². The van der Waals surface area contributed by atoms with E-state index >= 15 is 0 Å². The number of nitrogens with zero attached hydrogens (tertiary/aromatic N) is 2. The summed E-state index contributed by atoms with van der Waals surface area (Å²) >= 11 is 6.07. The smallest absolute Gasteiger partial charge is 0.191 e. The average molecular weight is 252 g/mol. The molecule has 1 aliphatic rings. The maximum atomic E-state index is 6.07. The van der Waals surface area contributed by atoms with Gasteiger partial charge in [-0.15, -0.1) is 0 Å². The second-order valence-electron chi connectivity index (χ2n) is 4.42. The van der Waals surface area contributed by atoms with Gasteiger partial charge in [-0.05, 0) is 30.9 Å². The first-order valence-electron chi connectivity index (χ1n) is 5.94. The monoisotopic (exact) mass is 251 g/mol. The van der Waals surface area contributed by atoms with Crippen LogP contribution in [0.5, 0.6) is 0 Å². The van der Waals surface area contributed by atoms with Gasteiger partial charge in [0.2, 0.25) is 0 Å². The molecule has 0 unspecified atom stereocenters. The molecule has 2 rings (SSSR count). The quantitative estimate of drug-likeness (QED) is 0.659. The Balaban J connectivity index is 1.86. The summed E-state index contributed by atoms with van der Waals surface area (Å²) < 4.78 is 0. The Bertz CT molecular complexity index is 413. The number of rotatable bonds is 4. The van der Waals surface area contributed by atoms with Gasteiger partial charge >= 0.3 is 0 Å². The molecule has 0 amide bonds. The van der Waals surface area contributed by atoms with E-state index in [1.807, 2.05) is 31.3 Å². The van der Waals surface area contributed by atoms with E-state index in [2.05, 4.69) is 9.89 Å². The van der Waals surface area contributed by atoms with Gasteiger partial charge in [0.25, 0.3) is 0 Å². The maximum absolute atomic E-state index is 6.07. The first kappa shape index (κ1) is 12.2. The summed E-state index contributed by atoms with van der Waals surface area (Å²) in [6.45, 7) is 0.687. The molecule has 0 atom stereocenters. The van der Waals surface area contributed by atoms with Crippen molar-refractivity contribution in [2.45, 2.75) is 25.3 Å². The second kappa shape index (κ2) is 5.41. The summed E-state index contributed by atoms with van der Waals surface area (Å²) in [4.78, 5) is 6.45. The maximum Gasteiger partial charge on any atom is 0.191 e. The SMILES string of the molecule is CN(C(N)=NCCc1ccccc1Cl)C1CC1. The van der Waals surface area contributed by atoms with Gasteiger partial charge in [0.1, 0.15) is 0 Å². The minimum Gasteiger partial charge on any atom is -0.370 e. The molecule has 0 radical (unpaired) electrons. The van der Waals surface area contributed by atoms with Crippen molar-refractivity contribution in [1.82, 2.24) is 4.90 Å². The third-order valence-corrected chi connectivity index (χ3v) is 3.44. The van der Waals surface area contributed by atoms with Gasteiger partial charge < -0.3 is 10.6 Å². The van der Waals surface area contributed by atoms with E-state index < -0.39 is 0 Å². The number of nitrogens with two attached hydrogens (primary N) is 1. The average Bonchev–Trinajstić information content (AvgIpc) is 3.14. The van der Waals surface area contributed by atoms with Crippen LogP contribution in [0.2, 0.25) is 5.02 Å². The topological polar surface area (TPSA) is 41.6 Å². The van der Waals surface area contributed by atoms with E-state index in [1.54, 1.807) is 0 Å². The molecule has 92 valence electrons. The summed E-state index contributed by atoms with van der Waals surface area (Å²) in [5.41, 5.74) is 7.03. The van der Waals surface area contributed by atoms with Gasteiger partial charge in [-0.2, -0.15) is 0 Å². The van der Waals surface area contributed by atoms with Crippen LogP contribution in [0, 0.1) is 0 Å². The van der Waals surface area contributed by atoms with E-state index in [9.17, 15) is 0 Å². The highest BCUT2D eigenvalue weighted by atomic mass is 35.5. The van der Waals surface area contributed by atoms with Crippen molar-refractivity contribution in [3.05, 3.63) is 34.9 Å². The molecular weight excluding hydrogens is 234 g/mol. The molecule has 0 spiro atoms. The normalized spacial score (nSPS) is 16.0. The van der Waals surface area contributed by atoms with Crippen LogP contribution in [-0.2, 0) is 6.42 Å². The van der Waals surface area contributed by atoms with Gasteiger partial charge in [-0.25, -0.2) is 0 Å². The third-order valence-electron chi connectivity index (χ3n) is 3.07. The van der Waals surface area contributed by atoms with Gasteiger partial charge in [-0.3, -0.25) is 4.99 Å². The zero-order valence-electron chi connectivity index (χ0n) is 10.1. The molecule has 17 heavy (non-hydrogen) atoms. The summed E-state index contributed by atoms with van der Waals surface area (Å²) in [7, 11) is 2.01. The van der Waals surface area contributed by atoms with Crippen molar-refractivity contribution in [1.29, 1.82) is 0 Å². The van der Waals surface area contributed by atoms with Crippen molar-refractivity contribution in [2.24, 2.45) is 10.7 Å². The molecule has 0 heterocycles. The fraction of sp³-hybridized carbons (Fsp3) is 0.462. The fourth-order valence-electron chi connectivity index (χ4n) is 1.75. The first-order chi connectivity index (χ1) is 8.18. The predicted molar refractivity (Wildman–Crippen MR) is 72.4 cm³/mol. The lowest BCUT2D eigenvalue weighted by molar-refractivity contribution is 0.487. The molecule has 0 aliphatic heterocycles. The lowest BCUT2D eigenvalue weighted by Crippen LogP contribution is -2.35. The van der Waals surface area contributed by atoms with Crippen molar-refractivity contribution < 1.29 is 0 Å². The summed E-state index contributed by atoms with van der Waals surface area (Å²) in [6, 6.07) is 8.47. The second-order valence-corrected chi connectivity index (χ2v) is 4.83. The first-order valence-corrected chi connectivity index (χ1v) is 6.32. The Morgan fingerprint density at radius 3 is 2.82 bits per heavy atom. The Morgan fingerprint density at radius 1 is 1.47 bits per heavy atom. The van der Waals surface area contributed by atoms with Crippen LogP contribution in [0.3, 0.4) is 0 Å². The highest BCUT2D eigenvalue weighted by Crippen LogP contribution is 2.24. The minimum absolute atomic E-state index is 0.610. The summed E-state index contributed by atoms with van der Waals surface area (Å²) in [5, 5.41) is 0.803. The lowest BCUT2D eigenvalue weighted by Gasteiger charge is -2.16. The van der Waals surface area contributed by atoms with Gasteiger partial charge in [-0.1, -0.05) is 29.8 Å². The number of hydrogen-bond acceptors (Lipinski definition) is 1. The van der Waals surface area contributed by atoms with Crippen LogP contribution in [0.1, 0.15) is 18.4 Å². The molecule has 1 fully saturated rings. The van der Waals surface area contributed by atoms with Gasteiger partial charge in [0, 0.05) is 24.7 Å². The highest BCUT2D eigenvalue weighted by Gasteiger charge is 2.27.